The molecule has 6 heteroatoms. The van der Waals surface area contributed by atoms with Crippen LogP contribution >= 0.6 is 0 Å². The number of methoxy groups -OCH3 is 2. The largest absolute Gasteiger partial charge is 0.493 e. The Hall–Kier alpha value is -3.28. The molecule has 0 N–H and O–H groups in total. The first-order valence-corrected chi connectivity index (χ1v) is 8.52. The van der Waals surface area contributed by atoms with E-state index in [2.05, 4.69) is 5.16 Å². The third kappa shape index (κ3) is 3.95. The summed E-state index contributed by atoms with van der Waals surface area (Å²) in [4.78, 5) is 14.3. The van der Waals surface area contributed by atoms with Gasteiger partial charge in [-0.1, -0.05) is 47.1 Å². The van der Waals surface area contributed by atoms with Gasteiger partial charge < -0.3 is 18.9 Å². The minimum Gasteiger partial charge on any atom is -0.493 e. The molecule has 0 bridgehead atoms. The van der Waals surface area contributed by atoms with Gasteiger partial charge >= 0.3 is 0 Å². The van der Waals surface area contributed by atoms with Crippen LogP contribution in [0.25, 0.3) is 11.3 Å². The van der Waals surface area contributed by atoms with Crippen molar-refractivity contribution in [3.8, 4) is 22.8 Å². The molecule has 1 amide bonds. The lowest BCUT2D eigenvalue weighted by Crippen LogP contribution is -2.26. The van der Waals surface area contributed by atoms with Gasteiger partial charge in [0.1, 0.15) is 5.69 Å². The average molecular weight is 366 g/mol. The minimum absolute atomic E-state index is 0.190. The molecule has 1 heterocycles. The second-order valence-corrected chi connectivity index (χ2v) is 6.26. The normalized spacial score (nSPS) is 10.5. The summed E-state index contributed by atoms with van der Waals surface area (Å²) in [7, 11) is 4.86. The summed E-state index contributed by atoms with van der Waals surface area (Å²) in [5.74, 6) is 1.16. The molecule has 0 radical (unpaired) electrons. The van der Waals surface area contributed by atoms with E-state index in [0.29, 0.717) is 23.7 Å². The monoisotopic (exact) mass is 366 g/mol. The van der Waals surface area contributed by atoms with Gasteiger partial charge in [-0.3, -0.25) is 4.79 Å². The predicted octanol–water partition coefficient (Wildman–Crippen LogP) is 3.94. The highest BCUT2D eigenvalue weighted by molar-refractivity contribution is 5.92. The lowest BCUT2D eigenvalue weighted by atomic mass is 10.1. The summed E-state index contributed by atoms with van der Waals surface area (Å²) in [6, 6.07) is 15.1. The van der Waals surface area contributed by atoms with Gasteiger partial charge in [0.25, 0.3) is 5.91 Å². The fourth-order valence-corrected chi connectivity index (χ4v) is 2.83. The maximum Gasteiger partial charge on any atom is 0.292 e. The van der Waals surface area contributed by atoms with Crippen molar-refractivity contribution in [1.82, 2.24) is 10.1 Å². The lowest BCUT2D eigenvalue weighted by molar-refractivity contribution is 0.0742. The molecule has 3 rings (SSSR count). The van der Waals surface area contributed by atoms with Crippen LogP contribution in [0.4, 0.5) is 0 Å². The van der Waals surface area contributed by atoms with Gasteiger partial charge in [-0.05, 0) is 13.0 Å². The van der Waals surface area contributed by atoms with Crippen molar-refractivity contribution < 1.29 is 18.8 Å². The maximum atomic E-state index is 12.7. The summed E-state index contributed by atoms with van der Waals surface area (Å²) < 4.78 is 16.0. The molecule has 0 atom stereocenters. The molecule has 6 nitrogen and oxygen atoms in total. The highest BCUT2D eigenvalue weighted by Gasteiger charge is 2.20. The van der Waals surface area contributed by atoms with Crippen molar-refractivity contribution in [2.45, 2.75) is 13.5 Å². The molecule has 3 aromatic rings. The zero-order chi connectivity index (χ0) is 19.4. The summed E-state index contributed by atoms with van der Waals surface area (Å²) in [6.07, 6.45) is 0. The number of amides is 1. The van der Waals surface area contributed by atoms with E-state index in [1.54, 1.807) is 32.2 Å². The van der Waals surface area contributed by atoms with Gasteiger partial charge in [0.2, 0.25) is 5.76 Å². The Morgan fingerprint density at radius 2 is 1.85 bits per heavy atom. The molecular formula is C21H22N2O4. The molecule has 1 aromatic heterocycles. The number of aromatic nitrogens is 1. The number of carbonyl (C=O) groups is 1. The van der Waals surface area contributed by atoms with Crippen LogP contribution in [0, 0.1) is 6.92 Å². The highest BCUT2D eigenvalue weighted by atomic mass is 16.5. The molecule has 0 aliphatic rings. The molecule has 0 spiro atoms. The average Bonchev–Trinajstić information content (AvgIpc) is 3.17. The molecule has 0 unspecified atom stereocenters. The molecular weight excluding hydrogens is 344 g/mol. The third-order valence-corrected chi connectivity index (χ3v) is 4.31. The van der Waals surface area contributed by atoms with Crippen LogP contribution in [0.3, 0.4) is 0 Å². The van der Waals surface area contributed by atoms with Crippen molar-refractivity contribution in [2.75, 3.05) is 21.3 Å². The van der Waals surface area contributed by atoms with E-state index in [1.165, 1.54) is 0 Å². The van der Waals surface area contributed by atoms with Crippen LogP contribution in [-0.2, 0) is 6.54 Å². The van der Waals surface area contributed by atoms with Gasteiger partial charge in [0, 0.05) is 30.8 Å². The summed E-state index contributed by atoms with van der Waals surface area (Å²) in [5, 5.41) is 4.02. The Kier molecular flexibility index (Phi) is 5.45. The second kappa shape index (κ2) is 7.95. The number of ether oxygens (including phenoxy) is 2. The van der Waals surface area contributed by atoms with E-state index in [9.17, 15) is 4.79 Å². The lowest BCUT2D eigenvalue weighted by Gasteiger charge is -2.18. The fourth-order valence-electron chi connectivity index (χ4n) is 2.83. The Labute approximate surface area is 158 Å². The quantitative estimate of drug-likeness (QED) is 0.661. The minimum atomic E-state index is -0.259. The van der Waals surface area contributed by atoms with E-state index in [1.807, 2.05) is 49.4 Å². The third-order valence-electron chi connectivity index (χ3n) is 4.31. The number of rotatable bonds is 6. The number of nitrogens with zero attached hydrogens (tertiary/aromatic N) is 2. The van der Waals surface area contributed by atoms with Crippen molar-refractivity contribution >= 4 is 5.91 Å². The van der Waals surface area contributed by atoms with Crippen LogP contribution in [0.15, 0.2) is 53.1 Å². The first-order valence-electron chi connectivity index (χ1n) is 8.52. The summed E-state index contributed by atoms with van der Waals surface area (Å²) in [5.41, 5.74) is 3.53. The zero-order valence-electron chi connectivity index (χ0n) is 15.9. The Morgan fingerprint density at radius 3 is 2.52 bits per heavy atom. The number of benzene rings is 2. The summed E-state index contributed by atoms with van der Waals surface area (Å²) >= 11 is 0. The van der Waals surface area contributed by atoms with Gasteiger partial charge in [-0.2, -0.15) is 0 Å². The van der Waals surface area contributed by atoms with E-state index in [-0.39, 0.29) is 11.7 Å². The molecule has 0 saturated carbocycles. The molecule has 0 fully saturated rings. The molecule has 0 saturated heterocycles. The van der Waals surface area contributed by atoms with Crippen molar-refractivity contribution in [2.24, 2.45) is 0 Å². The van der Waals surface area contributed by atoms with Crippen LogP contribution in [0.1, 0.15) is 21.7 Å². The van der Waals surface area contributed by atoms with Gasteiger partial charge in [-0.25, -0.2) is 0 Å². The standard InChI is InChI=1S/C21H22N2O4/c1-14-8-10-15(11-9-14)17-12-19(27-22-17)21(24)23(2)13-16-6-5-7-18(25-3)20(16)26-4/h5-12H,13H2,1-4H3. The topological polar surface area (TPSA) is 64.8 Å². The second-order valence-electron chi connectivity index (χ2n) is 6.26. The molecule has 140 valence electrons. The number of aryl methyl sites for hydroxylation is 1. The Morgan fingerprint density at radius 1 is 1.11 bits per heavy atom. The molecule has 27 heavy (non-hydrogen) atoms. The molecule has 0 aliphatic heterocycles. The summed E-state index contributed by atoms with van der Waals surface area (Å²) in [6.45, 7) is 2.36. The van der Waals surface area contributed by atoms with Crippen LogP contribution in [0.5, 0.6) is 11.5 Å². The van der Waals surface area contributed by atoms with E-state index in [4.69, 9.17) is 14.0 Å². The van der Waals surface area contributed by atoms with Gasteiger partial charge in [0.15, 0.2) is 11.5 Å². The van der Waals surface area contributed by atoms with Crippen molar-refractivity contribution in [1.29, 1.82) is 0 Å². The number of carbonyl (C=O) groups excluding carboxylic acids is 1. The van der Waals surface area contributed by atoms with Crippen molar-refractivity contribution in [3.63, 3.8) is 0 Å². The van der Waals surface area contributed by atoms with Crippen LogP contribution in [0.2, 0.25) is 0 Å². The van der Waals surface area contributed by atoms with E-state index >= 15 is 0 Å². The number of hydrogen-bond acceptors (Lipinski definition) is 5. The van der Waals surface area contributed by atoms with Crippen LogP contribution < -0.4 is 9.47 Å². The molecule has 2 aromatic carbocycles. The first-order chi connectivity index (χ1) is 13.0. The van der Waals surface area contributed by atoms with E-state index < -0.39 is 0 Å². The first kappa shape index (κ1) is 18.5. The number of hydrogen-bond donors (Lipinski definition) is 0. The number of para-hydroxylation sites is 1. The maximum absolute atomic E-state index is 12.7. The van der Waals surface area contributed by atoms with Crippen molar-refractivity contribution in [3.05, 3.63) is 65.4 Å². The Bertz CT molecular complexity index is 932. The molecule has 0 aliphatic carbocycles. The smallest absolute Gasteiger partial charge is 0.292 e. The Balaban J connectivity index is 1.78. The SMILES string of the molecule is COc1cccc(CN(C)C(=O)c2cc(-c3ccc(C)cc3)no2)c1OC. The zero-order valence-corrected chi connectivity index (χ0v) is 15.9. The van der Waals surface area contributed by atoms with Crippen LogP contribution in [-0.4, -0.2) is 37.2 Å². The van der Waals surface area contributed by atoms with Gasteiger partial charge in [0.05, 0.1) is 14.2 Å². The predicted molar refractivity (Wildman–Crippen MR) is 102 cm³/mol. The highest BCUT2D eigenvalue weighted by Crippen LogP contribution is 2.31. The van der Waals surface area contributed by atoms with E-state index in [0.717, 1.165) is 16.7 Å². The van der Waals surface area contributed by atoms with Gasteiger partial charge in [-0.15, -0.1) is 0 Å². The fraction of sp³-hybridized carbons (Fsp3) is 0.238.